The Morgan fingerprint density at radius 1 is 1.73 bits per heavy atom. The molecule has 0 saturated heterocycles. The number of nitrogens with two attached hydrogens (primary N) is 1. The second-order valence-electron chi connectivity index (χ2n) is 2.24. The molecule has 62 valence electrons. The first-order valence-electron chi connectivity index (χ1n) is 3.17. The average molecular weight is 157 g/mol. The van der Waals surface area contributed by atoms with Crippen LogP contribution in [0.1, 0.15) is 12.8 Å². The maximum Gasteiger partial charge on any atom is 0.320 e. The van der Waals surface area contributed by atoms with Crippen LogP contribution in [-0.4, -0.2) is 28.3 Å². The van der Waals surface area contributed by atoms with Crippen molar-refractivity contribution in [2.24, 2.45) is 5.73 Å². The molecule has 0 aromatic carbocycles. The lowest BCUT2D eigenvalue weighted by molar-refractivity contribution is -0.139. The van der Waals surface area contributed by atoms with E-state index in [1.807, 2.05) is 0 Å². The van der Waals surface area contributed by atoms with Crippen LogP contribution in [0.4, 0.5) is 0 Å². The molecule has 2 atom stereocenters. The van der Waals surface area contributed by atoms with E-state index in [4.69, 9.17) is 22.4 Å². The molecule has 0 aromatic rings. The predicted octanol–water partition coefficient (Wildman–Crippen LogP) is -0.827. The summed E-state index contributed by atoms with van der Waals surface area (Å²) in [7, 11) is 0. The molecular weight excluding hydrogens is 146 g/mol. The van der Waals surface area contributed by atoms with Crippen LogP contribution in [0.5, 0.6) is 0 Å². The molecule has 0 bridgehead atoms. The number of aliphatic carboxylic acids is 1. The quantitative estimate of drug-likeness (QED) is 0.465. The number of hydrogen-bond donors (Lipinski definition) is 3. The van der Waals surface area contributed by atoms with Gasteiger partial charge in [0.25, 0.3) is 0 Å². The monoisotopic (exact) mass is 157 g/mol. The first-order valence-corrected chi connectivity index (χ1v) is 3.17. The summed E-state index contributed by atoms with van der Waals surface area (Å²) < 4.78 is 0. The number of carbonyl (C=O) groups is 1. The summed E-state index contributed by atoms with van der Waals surface area (Å²) in [5.41, 5.74) is 5.12. The van der Waals surface area contributed by atoms with Crippen LogP contribution in [0.3, 0.4) is 0 Å². The fourth-order valence-corrected chi connectivity index (χ4v) is 0.613. The standard InChI is InChI=1S/C7H11NO3/c1-2-3-5(9)4-6(8)7(10)11/h1,5-6,9H,3-4,8H2,(H,10,11)/t5-,6+/m1/s1. The molecule has 4 N–H and O–H groups in total. The number of rotatable bonds is 4. The molecule has 0 aliphatic heterocycles. The van der Waals surface area contributed by atoms with E-state index in [0.717, 1.165) is 0 Å². The van der Waals surface area contributed by atoms with Crippen molar-refractivity contribution in [1.82, 2.24) is 0 Å². The molecule has 0 fully saturated rings. The molecule has 0 aromatic heterocycles. The molecular formula is C7H11NO3. The van der Waals surface area contributed by atoms with Gasteiger partial charge in [0.2, 0.25) is 0 Å². The summed E-state index contributed by atoms with van der Waals surface area (Å²) in [4.78, 5) is 10.2. The van der Waals surface area contributed by atoms with E-state index in [2.05, 4.69) is 5.92 Å². The van der Waals surface area contributed by atoms with Gasteiger partial charge in [-0.1, -0.05) is 0 Å². The van der Waals surface area contributed by atoms with Crippen LogP contribution in [-0.2, 0) is 4.79 Å². The lowest BCUT2D eigenvalue weighted by atomic mass is 10.1. The van der Waals surface area contributed by atoms with E-state index in [-0.39, 0.29) is 12.8 Å². The molecule has 0 rings (SSSR count). The number of hydrogen-bond acceptors (Lipinski definition) is 3. The SMILES string of the molecule is C#CC[C@@H](O)C[C@H](N)C(=O)O. The Labute approximate surface area is 65.0 Å². The van der Waals surface area contributed by atoms with Crippen molar-refractivity contribution in [1.29, 1.82) is 0 Å². The third kappa shape index (κ3) is 4.37. The minimum atomic E-state index is -1.12. The van der Waals surface area contributed by atoms with Crippen molar-refractivity contribution in [2.45, 2.75) is 25.0 Å². The molecule has 0 aliphatic carbocycles. The van der Waals surface area contributed by atoms with E-state index in [9.17, 15) is 4.79 Å². The summed E-state index contributed by atoms with van der Waals surface area (Å²) in [6, 6.07) is -1.03. The highest BCUT2D eigenvalue weighted by Gasteiger charge is 2.15. The van der Waals surface area contributed by atoms with Gasteiger partial charge in [-0.05, 0) is 0 Å². The largest absolute Gasteiger partial charge is 0.480 e. The van der Waals surface area contributed by atoms with Gasteiger partial charge in [-0.15, -0.1) is 12.3 Å². The summed E-state index contributed by atoms with van der Waals surface area (Å²) in [5, 5.41) is 17.3. The third-order valence-corrected chi connectivity index (χ3v) is 1.20. The van der Waals surface area contributed by atoms with E-state index >= 15 is 0 Å². The highest BCUT2D eigenvalue weighted by molar-refractivity contribution is 5.73. The topological polar surface area (TPSA) is 83.5 Å². The number of carboxylic acids is 1. The third-order valence-electron chi connectivity index (χ3n) is 1.20. The number of carboxylic acid groups (broad SMARTS) is 1. The molecule has 0 radical (unpaired) electrons. The minimum Gasteiger partial charge on any atom is -0.480 e. The molecule has 4 nitrogen and oxygen atoms in total. The Hall–Kier alpha value is -1.05. The molecule has 0 aliphatic rings. The predicted molar refractivity (Wildman–Crippen MR) is 39.7 cm³/mol. The summed E-state index contributed by atoms with van der Waals surface area (Å²) in [6.07, 6.45) is 4.21. The Morgan fingerprint density at radius 2 is 2.27 bits per heavy atom. The Balaban J connectivity index is 3.67. The minimum absolute atomic E-state index is 0.000463. The summed E-state index contributed by atoms with van der Waals surface area (Å²) in [6.45, 7) is 0. The molecule has 0 spiro atoms. The molecule has 11 heavy (non-hydrogen) atoms. The zero-order chi connectivity index (χ0) is 8.85. The number of aliphatic hydroxyl groups is 1. The highest BCUT2D eigenvalue weighted by atomic mass is 16.4. The number of terminal acetylenes is 1. The van der Waals surface area contributed by atoms with Gasteiger partial charge in [-0.3, -0.25) is 4.79 Å². The van der Waals surface area contributed by atoms with Gasteiger partial charge in [-0.2, -0.15) is 0 Å². The average Bonchev–Trinajstić information content (AvgIpc) is 1.87. The Kier molecular flexibility index (Phi) is 4.27. The molecule has 0 heterocycles. The van der Waals surface area contributed by atoms with Crippen LogP contribution < -0.4 is 5.73 Å². The number of aliphatic hydroxyl groups excluding tert-OH is 1. The van der Waals surface area contributed by atoms with Gasteiger partial charge in [0.1, 0.15) is 6.04 Å². The summed E-state index contributed by atoms with van der Waals surface area (Å²) >= 11 is 0. The molecule has 0 unspecified atom stereocenters. The zero-order valence-corrected chi connectivity index (χ0v) is 6.03. The maximum atomic E-state index is 10.2. The maximum absolute atomic E-state index is 10.2. The van der Waals surface area contributed by atoms with Gasteiger partial charge in [-0.25, -0.2) is 0 Å². The smallest absolute Gasteiger partial charge is 0.320 e. The first kappa shape index (κ1) is 9.95. The van der Waals surface area contributed by atoms with Gasteiger partial charge < -0.3 is 15.9 Å². The second kappa shape index (κ2) is 4.72. The second-order valence-corrected chi connectivity index (χ2v) is 2.24. The molecule has 0 amide bonds. The summed E-state index contributed by atoms with van der Waals surface area (Å²) in [5.74, 6) is 1.09. The van der Waals surface area contributed by atoms with Gasteiger partial charge in [0.15, 0.2) is 0 Å². The van der Waals surface area contributed by atoms with Crippen LogP contribution in [0, 0.1) is 12.3 Å². The van der Waals surface area contributed by atoms with E-state index in [1.165, 1.54) is 0 Å². The van der Waals surface area contributed by atoms with Crippen molar-refractivity contribution in [3.63, 3.8) is 0 Å². The molecule has 0 saturated carbocycles. The highest BCUT2D eigenvalue weighted by Crippen LogP contribution is 1.99. The van der Waals surface area contributed by atoms with E-state index in [1.54, 1.807) is 0 Å². The first-order chi connectivity index (χ1) is 5.07. The fourth-order valence-electron chi connectivity index (χ4n) is 0.613. The van der Waals surface area contributed by atoms with Crippen molar-refractivity contribution in [3.8, 4) is 12.3 Å². The van der Waals surface area contributed by atoms with Gasteiger partial charge in [0.05, 0.1) is 6.10 Å². The van der Waals surface area contributed by atoms with Crippen LogP contribution in [0.15, 0.2) is 0 Å². The van der Waals surface area contributed by atoms with Gasteiger partial charge in [0, 0.05) is 12.8 Å². The van der Waals surface area contributed by atoms with Crippen molar-refractivity contribution >= 4 is 5.97 Å². The van der Waals surface area contributed by atoms with Crippen LogP contribution in [0.25, 0.3) is 0 Å². The lowest BCUT2D eigenvalue weighted by Gasteiger charge is -2.09. The van der Waals surface area contributed by atoms with Gasteiger partial charge >= 0.3 is 5.97 Å². The van der Waals surface area contributed by atoms with Crippen molar-refractivity contribution in [2.75, 3.05) is 0 Å². The normalized spacial score (nSPS) is 15.0. The molecule has 4 heteroatoms. The van der Waals surface area contributed by atoms with E-state index in [0.29, 0.717) is 0 Å². The van der Waals surface area contributed by atoms with Crippen molar-refractivity contribution < 1.29 is 15.0 Å². The Bertz CT molecular complexity index is 173. The van der Waals surface area contributed by atoms with Crippen LogP contribution >= 0.6 is 0 Å². The van der Waals surface area contributed by atoms with Crippen molar-refractivity contribution in [3.05, 3.63) is 0 Å². The lowest BCUT2D eigenvalue weighted by Crippen LogP contribution is -2.33. The van der Waals surface area contributed by atoms with E-state index < -0.39 is 18.1 Å². The fraction of sp³-hybridized carbons (Fsp3) is 0.571. The van der Waals surface area contributed by atoms with Crippen LogP contribution in [0.2, 0.25) is 0 Å². The Morgan fingerprint density at radius 3 is 2.64 bits per heavy atom. The zero-order valence-electron chi connectivity index (χ0n) is 6.03.